The van der Waals surface area contributed by atoms with Crippen molar-refractivity contribution < 1.29 is 9.59 Å². The van der Waals surface area contributed by atoms with E-state index in [1.807, 2.05) is 6.92 Å². The summed E-state index contributed by atoms with van der Waals surface area (Å²) in [7, 11) is 0. The Labute approximate surface area is 106 Å². The monoisotopic (exact) mass is 250 g/mol. The number of amides is 2. The van der Waals surface area contributed by atoms with Gasteiger partial charge >= 0.3 is 0 Å². The van der Waals surface area contributed by atoms with Crippen molar-refractivity contribution in [1.29, 1.82) is 0 Å². The van der Waals surface area contributed by atoms with Gasteiger partial charge in [0, 0.05) is 25.8 Å². The van der Waals surface area contributed by atoms with Gasteiger partial charge in [0.25, 0.3) is 5.91 Å². The number of nitrogen functional groups attached to an aromatic ring is 1. The Bertz CT molecular complexity index is 480. The SMILES string of the molecule is CCn1cc(N)cc1C(=O)N1CCNC(=O)C1C. The lowest BCUT2D eigenvalue weighted by Gasteiger charge is -2.32. The van der Waals surface area contributed by atoms with Crippen LogP contribution in [0.1, 0.15) is 24.3 Å². The van der Waals surface area contributed by atoms with E-state index in [2.05, 4.69) is 5.32 Å². The molecule has 18 heavy (non-hydrogen) atoms. The van der Waals surface area contributed by atoms with Crippen LogP contribution < -0.4 is 11.1 Å². The fourth-order valence-electron chi connectivity index (χ4n) is 2.18. The Morgan fingerprint density at radius 1 is 1.61 bits per heavy atom. The van der Waals surface area contributed by atoms with Gasteiger partial charge in [0.05, 0.1) is 5.69 Å². The first kappa shape index (κ1) is 12.5. The summed E-state index contributed by atoms with van der Waals surface area (Å²) in [5.41, 5.74) is 6.82. The number of hydrogen-bond donors (Lipinski definition) is 2. The molecule has 2 amide bonds. The van der Waals surface area contributed by atoms with E-state index in [0.29, 0.717) is 31.0 Å². The van der Waals surface area contributed by atoms with E-state index in [9.17, 15) is 9.59 Å². The Morgan fingerprint density at radius 3 is 3.00 bits per heavy atom. The smallest absolute Gasteiger partial charge is 0.271 e. The number of aryl methyl sites for hydroxylation is 1. The second-order valence-electron chi connectivity index (χ2n) is 4.41. The number of carbonyl (C=O) groups excluding carboxylic acids is 2. The van der Waals surface area contributed by atoms with Crippen molar-refractivity contribution in [3.05, 3.63) is 18.0 Å². The van der Waals surface area contributed by atoms with Crippen LogP contribution in [0.4, 0.5) is 5.69 Å². The van der Waals surface area contributed by atoms with Crippen LogP contribution in [-0.2, 0) is 11.3 Å². The number of piperazine rings is 1. The molecule has 1 unspecified atom stereocenters. The molecule has 98 valence electrons. The molecule has 0 aliphatic carbocycles. The highest BCUT2D eigenvalue weighted by Crippen LogP contribution is 2.15. The second-order valence-corrected chi connectivity index (χ2v) is 4.41. The van der Waals surface area contributed by atoms with E-state index in [0.717, 1.165) is 0 Å². The summed E-state index contributed by atoms with van der Waals surface area (Å²) >= 11 is 0. The van der Waals surface area contributed by atoms with Gasteiger partial charge in [-0.2, -0.15) is 0 Å². The number of carbonyl (C=O) groups is 2. The largest absolute Gasteiger partial charge is 0.397 e. The molecule has 0 bridgehead atoms. The Kier molecular flexibility index (Phi) is 3.27. The van der Waals surface area contributed by atoms with Crippen molar-refractivity contribution >= 4 is 17.5 Å². The van der Waals surface area contributed by atoms with Crippen LogP contribution in [0.15, 0.2) is 12.3 Å². The predicted octanol–water partition coefficient (Wildman–Crippen LogP) is 0.0507. The molecular weight excluding hydrogens is 232 g/mol. The maximum Gasteiger partial charge on any atom is 0.271 e. The molecule has 0 aromatic carbocycles. The molecule has 1 saturated heterocycles. The Morgan fingerprint density at radius 2 is 2.33 bits per heavy atom. The van der Waals surface area contributed by atoms with Gasteiger partial charge in [0.2, 0.25) is 5.91 Å². The van der Waals surface area contributed by atoms with E-state index in [-0.39, 0.29) is 11.8 Å². The molecule has 0 radical (unpaired) electrons. The molecule has 0 spiro atoms. The fraction of sp³-hybridized carbons (Fsp3) is 0.500. The number of rotatable bonds is 2. The minimum atomic E-state index is -0.437. The number of nitrogens with one attached hydrogen (secondary N) is 1. The third kappa shape index (κ3) is 2.05. The van der Waals surface area contributed by atoms with Crippen molar-refractivity contribution in [3.63, 3.8) is 0 Å². The summed E-state index contributed by atoms with van der Waals surface area (Å²) in [6.07, 6.45) is 1.74. The summed E-state index contributed by atoms with van der Waals surface area (Å²) in [5, 5.41) is 2.74. The molecule has 3 N–H and O–H groups in total. The number of nitrogens with two attached hydrogens (primary N) is 1. The standard InChI is InChI=1S/C12H18N4O2/c1-3-15-7-9(13)6-10(15)12(18)16-5-4-14-11(17)8(16)2/h6-8H,3-5,13H2,1-2H3,(H,14,17). The van der Waals surface area contributed by atoms with Crippen molar-refractivity contribution in [2.45, 2.75) is 26.4 Å². The predicted molar refractivity (Wildman–Crippen MR) is 68.0 cm³/mol. The maximum atomic E-state index is 12.4. The van der Waals surface area contributed by atoms with E-state index < -0.39 is 6.04 Å². The van der Waals surface area contributed by atoms with Crippen LogP contribution in [0.5, 0.6) is 0 Å². The molecule has 2 rings (SSSR count). The normalized spacial score (nSPS) is 19.8. The van der Waals surface area contributed by atoms with E-state index >= 15 is 0 Å². The van der Waals surface area contributed by atoms with Gasteiger partial charge in [-0.05, 0) is 19.9 Å². The van der Waals surface area contributed by atoms with Crippen molar-refractivity contribution in [3.8, 4) is 0 Å². The summed E-state index contributed by atoms with van der Waals surface area (Å²) in [6.45, 7) is 5.38. The van der Waals surface area contributed by atoms with Crippen LogP contribution in [0, 0.1) is 0 Å². The first-order valence-electron chi connectivity index (χ1n) is 6.09. The third-order valence-electron chi connectivity index (χ3n) is 3.24. The molecule has 1 aromatic heterocycles. The lowest BCUT2D eigenvalue weighted by molar-refractivity contribution is -0.127. The minimum absolute atomic E-state index is 0.114. The first-order chi connectivity index (χ1) is 8.54. The van der Waals surface area contributed by atoms with Gasteiger partial charge in [-0.15, -0.1) is 0 Å². The zero-order chi connectivity index (χ0) is 13.3. The van der Waals surface area contributed by atoms with Crippen LogP contribution in [-0.4, -0.2) is 40.4 Å². The van der Waals surface area contributed by atoms with Gasteiger partial charge in [-0.25, -0.2) is 0 Å². The Hall–Kier alpha value is -1.98. The summed E-state index contributed by atoms with van der Waals surface area (Å²) in [4.78, 5) is 25.6. The van der Waals surface area contributed by atoms with Gasteiger partial charge in [-0.3, -0.25) is 9.59 Å². The van der Waals surface area contributed by atoms with E-state index in [1.54, 1.807) is 28.7 Å². The lowest BCUT2D eigenvalue weighted by Crippen LogP contribution is -2.56. The van der Waals surface area contributed by atoms with Crippen molar-refractivity contribution in [1.82, 2.24) is 14.8 Å². The van der Waals surface area contributed by atoms with Crippen LogP contribution in [0.3, 0.4) is 0 Å². The molecule has 2 heterocycles. The number of hydrogen-bond acceptors (Lipinski definition) is 3. The highest BCUT2D eigenvalue weighted by Gasteiger charge is 2.31. The summed E-state index contributed by atoms with van der Waals surface area (Å²) < 4.78 is 1.80. The third-order valence-corrected chi connectivity index (χ3v) is 3.24. The van der Waals surface area contributed by atoms with Crippen LogP contribution >= 0.6 is 0 Å². The zero-order valence-corrected chi connectivity index (χ0v) is 10.6. The molecular formula is C12H18N4O2. The highest BCUT2D eigenvalue weighted by atomic mass is 16.2. The topological polar surface area (TPSA) is 80.4 Å². The molecule has 1 atom stereocenters. The molecule has 0 saturated carbocycles. The van der Waals surface area contributed by atoms with Gasteiger partial charge in [0.1, 0.15) is 11.7 Å². The number of aromatic nitrogens is 1. The number of nitrogens with zero attached hydrogens (tertiary/aromatic N) is 2. The second kappa shape index (κ2) is 4.72. The van der Waals surface area contributed by atoms with Gasteiger partial charge < -0.3 is 20.5 Å². The molecule has 1 aromatic rings. The van der Waals surface area contributed by atoms with Crippen molar-refractivity contribution in [2.75, 3.05) is 18.8 Å². The molecule has 1 aliphatic heterocycles. The molecule has 6 heteroatoms. The maximum absolute atomic E-state index is 12.4. The highest BCUT2D eigenvalue weighted by molar-refractivity contribution is 5.97. The van der Waals surface area contributed by atoms with E-state index in [1.165, 1.54) is 0 Å². The lowest BCUT2D eigenvalue weighted by atomic mass is 10.2. The molecule has 6 nitrogen and oxygen atoms in total. The molecule has 1 aliphatic rings. The fourth-order valence-corrected chi connectivity index (χ4v) is 2.18. The van der Waals surface area contributed by atoms with Crippen LogP contribution in [0.2, 0.25) is 0 Å². The summed E-state index contributed by atoms with van der Waals surface area (Å²) in [6, 6.07) is 1.22. The van der Waals surface area contributed by atoms with Gasteiger partial charge in [0.15, 0.2) is 0 Å². The first-order valence-corrected chi connectivity index (χ1v) is 6.09. The minimum Gasteiger partial charge on any atom is -0.397 e. The van der Waals surface area contributed by atoms with Gasteiger partial charge in [-0.1, -0.05) is 0 Å². The number of anilines is 1. The molecule has 1 fully saturated rings. The zero-order valence-electron chi connectivity index (χ0n) is 10.6. The summed E-state index contributed by atoms with van der Waals surface area (Å²) in [5.74, 6) is -0.256. The average molecular weight is 250 g/mol. The van der Waals surface area contributed by atoms with Crippen molar-refractivity contribution in [2.24, 2.45) is 0 Å². The quantitative estimate of drug-likeness (QED) is 0.778. The van der Waals surface area contributed by atoms with E-state index in [4.69, 9.17) is 5.73 Å². The Balaban J connectivity index is 2.27. The van der Waals surface area contributed by atoms with Crippen LogP contribution in [0.25, 0.3) is 0 Å². The average Bonchev–Trinajstić information content (AvgIpc) is 2.73.